The molecule has 106 valence electrons. The van der Waals surface area contributed by atoms with Crippen LogP contribution in [0, 0.1) is 5.92 Å². The zero-order chi connectivity index (χ0) is 12.1. The van der Waals surface area contributed by atoms with Gasteiger partial charge in [-0.15, -0.1) is 12.4 Å². The van der Waals surface area contributed by atoms with Gasteiger partial charge in [0.1, 0.15) is 6.10 Å². The number of nitrogens with zero attached hydrogens (tertiary/aromatic N) is 1. The van der Waals surface area contributed by atoms with Crippen LogP contribution in [-0.4, -0.2) is 49.7 Å². The van der Waals surface area contributed by atoms with Crippen LogP contribution < -0.4 is 5.32 Å². The van der Waals surface area contributed by atoms with Crippen LogP contribution in [0.2, 0.25) is 0 Å². The molecule has 0 spiro atoms. The summed E-state index contributed by atoms with van der Waals surface area (Å²) in [4.78, 5) is 14.1. The Balaban J connectivity index is 0.00000162. The van der Waals surface area contributed by atoms with Crippen LogP contribution in [0.4, 0.5) is 0 Å². The fourth-order valence-electron chi connectivity index (χ4n) is 2.68. The summed E-state index contributed by atoms with van der Waals surface area (Å²) < 4.78 is 5.46. The van der Waals surface area contributed by atoms with E-state index in [1.807, 2.05) is 4.90 Å². The first-order chi connectivity index (χ1) is 8.31. The van der Waals surface area contributed by atoms with Crippen LogP contribution in [0.5, 0.6) is 0 Å². The second kappa shape index (κ2) is 7.97. The van der Waals surface area contributed by atoms with Gasteiger partial charge >= 0.3 is 0 Å². The molecule has 2 aliphatic heterocycles. The van der Waals surface area contributed by atoms with E-state index in [0.29, 0.717) is 0 Å². The number of carbonyl (C=O) groups excluding carboxylic acids is 1. The molecule has 2 saturated heterocycles. The molecule has 1 unspecified atom stereocenters. The molecule has 5 heteroatoms. The molecule has 0 saturated carbocycles. The number of rotatable bonds is 4. The van der Waals surface area contributed by atoms with Crippen LogP contribution in [0.1, 0.15) is 32.6 Å². The molecule has 0 aromatic carbocycles. The quantitative estimate of drug-likeness (QED) is 0.845. The van der Waals surface area contributed by atoms with E-state index < -0.39 is 0 Å². The summed E-state index contributed by atoms with van der Waals surface area (Å²) in [6, 6.07) is 0. The minimum atomic E-state index is -0.139. The molecule has 0 aromatic heterocycles. The van der Waals surface area contributed by atoms with Crippen LogP contribution in [0.3, 0.4) is 0 Å². The van der Waals surface area contributed by atoms with Crippen molar-refractivity contribution in [3.8, 4) is 0 Å². The monoisotopic (exact) mass is 276 g/mol. The van der Waals surface area contributed by atoms with E-state index in [0.717, 1.165) is 64.4 Å². The van der Waals surface area contributed by atoms with E-state index in [2.05, 4.69) is 12.2 Å². The number of halogens is 1. The number of hydrogen-bond acceptors (Lipinski definition) is 3. The molecule has 18 heavy (non-hydrogen) atoms. The average Bonchev–Trinajstić information content (AvgIpc) is 2.90. The molecule has 1 N–H and O–H groups in total. The molecule has 0 aromatic rings. The lowest BCUT2D eigenvalue weighted by Crippen LogP contribution is -2.45. The lowest BCUT2D eigenvalue weighted by atomic mass is 9.96. The number of nitrogens with one attached hydrogen (secondary N) is 1. The number of amides is 1. The molecular weight excluding hydrogens is 252 g/mol. The molecule has 1 amide bonds. The van der Waals surface area contributed by atoms with Gasteiger partial charge < -0.3 is 15.0 Å². The summed E-state index contributed by atoms with van der Waals surface area (Å²) in [6.45, 7) is 6.85. The predicted molar refractivity (Wildman–Crippen MR) is 74.1 cm³/mol. The van der Waals surface area contributed by atoms with Crippen molar-refractivity contribution in [1.82, 2.24) is 10.2 Å². The smallest absolute Gasteiger partial charge is 0.251 e. The van der Waals surface area contributed by atoms with Gasteiger partial charge in [-0.05, 0) is 44.7 Å². The maximum atomic E-state index is 12.1. The average molecular weight is 277 g/mol. The Hall–Kier alpha value is -0.320. The van der Waals surface area contributed by atoms with E-state index in [1.165, 1.54) is 0 Å². The van der Waals surface area contributed by atoms with Gasteiger partial charge in [0.15, 0.2) is 0 Å². The fraction of sp³-hybridized carbons (Fsp3) is 0.923. The van der Waals surface area contributed by atoms with Gasteiger partial charge in [-0.25, -0.2) is 0 Å². The van der Waals surface area contributed by atoms with Crippen molar-refractivity contribution >= 4 is 18.3 Å². The zero-order valence-electron chi connectivity index (χ0n) is 11.2. The molecule has 2 heterocycles. The van der Waals surface area contributed by atoms with Crippen molar-refractivity contribution in [1.29, 1.82) is 0 Å². The number of ether oxygens (including phenoxy) is 1. The summed E-state index contributed by atoms with van der Waals surface area (Å²) in [5.74, 6) is 0.966. The number of hydrogen-bond donors (Lipinski definition) is 1. The fourth-order valence-corrected chi connectivity index (χ4v) is 2.68. The summed E-state index contributed by atoms with van der Waals surface area (Å²) >= 11 is 0. The minimum absolute atomic E-state index is 0. The highest BCUT2D eigenvalue weighted by Crippen LogP contribution is 2.20. The maximum Gasteiger partial charge on any atom is 0.251 e. The Morgan fingerprint density at radius 1 is 1.33 bits per heavy atom. The normalized spacial score (nSPS) is 24.9. The molecule has 2 fully saturated rings. The van der Waals surface area contributed by atoms with Gasteiger partial charge in [0, 0.05) is 19.7 Å². The Kier molecular flexibility index (Phi) is 6.97. The van der Waals surface area contributed by atoms with E-state index in [9.17, 15) is 4.79 Å². The Morgan fingerprint density at radius 2 is 2.06 bits per heavy atom. The second-order valence-electron chi connectivity index (χ2n) is 5.08. The van der Waals surface area contributed by atoms with E-state index >= 15 is 0 Å². The summed E-state index contributed by atoms with van der Waals surface area (Å²) in [5.41, 5.74) is 0. The van der Waals surface area contributed by atoms with E-state index in [4.69, 9.17) is 4.74 Å². The van der Waals surface area contributed by atoms with Crippen molar-refractivity contribution in [2.75, 3.05) is 32.8 Å². The summed E-state index contributed by atoms with van der Waals surface area (Å²) in [7, 11) is 0. The first kappa shape index (κ1) is 15.7. The predicted octanol–water partition coefficient (Wildman–Crippen LogP) is 1.44. The van der Waals surface area contributed by atoms with Crippen LogP contribution >= 0.6 is 12.4 Å². The van der Waals surface area contributed by atoms with Gasteiger partial charge in [0.2, 0.25) is 0 Å². The van der Waals surface area contributed by atoms with Crippen molar-refractivity contribution in [3.05, 3.63) is 0 Å². The lowest BCUT2D eigenvalue weighted by molar-refractivity contribution is -0.142. The molecule has 2 rings (SSSR count). The SMILES string of the molecule is CCNCC1CCN(C(=O)C2CCCO2)CC1.Cl. The van der Waals surface area contributed by atoms with Crippen molar-refractivity contribution in [2.45, 2.75) is 38.7 Å². The topological polar surface area (TPSA) is 41.6 Å². The third-order valence-electron chi connectivity index (χ3n) is 3.81. The van der Waals surface area contributed by atoms with Crippen molar-refractivity contribution in [3.63, 3.8) is 0 Å². The zero-order valence-corrected chi connectivity index (χ0v) is 12.0. The Bertz CT molecular complexity index is 249. The second-order valence-corrected chi connectivity index (χ2v) is 5.08. The standard InChI is InChI=1S/C13H24N2O2.ClH/c1-2-14-10-11-5-7-15(8-6-11)13(16)12-4-3-9-17-12;/h11-12,14H,2-10H2,1H3;1H. The molecule has 2 aliphatic rings. The molecule has 0 radical (unpaired) electrons. The van der Waals surface area contributed by atoms with Gasteiger partial charge in [-0.1, -0.05) is 6.92 Å². The Labute approximate surface area is 116 Å². The van der Waals surface area contributed by atoms with Crippen LogP contribution in [0.15, 0.2) is 0 Å². The molecule has 1 atom stereocenters. The van der Waals surface area contributed by atoms with Crippen LogP contribution in [0.25, 0.3) is 0 Å². The first-order valence-electron chi connectivity index (χ1n) is 6.92. The molecule has 0 bridgehead atoms. The van der Waals surface area contributed by atoms with E-state index in [-0.39, 0.29) is 24.4 Å². The van der Waals surface area contributed by atoms with Crippen molar-refractivity contribution in [2.24, 2.45) is 5.92 Å². The third kappa shape index (κ3) is 4.11. The highest BCUT2D eigenvalue weighted by Gasteiger charge is 2.30. The molecular formula is C13H25ClN2O2. The number of likely N-dealkylation sites (tertiary alicyclic amines) is 1. The molecule has 4 nitrogen and oxygen atoms in total. The van der Waals surface area contributed by atoms with Crippen molar-refractivity contribution < 1.29 is 9.53 Å². The summed E-state index contributed by atoms with van der Waals surface area (Å²) in [5, 5.41) is 3.39. The van der Waals surface area contributed by atoms with E-state index in [1.54, 1.807) is 0 Å². The van der Waals surface area contributed by atoms with Gasteiger partial charge in [-0.2, -0.15) is 0 Å². The first-order valence-corrected chi connectivity index (χ1v) is 6.92. The van der Waals surface area contributed by atoms with Gasteiger partial charge in [0.25, 0.3) is 5.91 Å². The highest BCUT2D eigenvalue weighted by molar-refractivity contribution is 5.85. The highest BCUT2D eigenvalue weighted by atomic mass is 35.5. The van der Waals surface area contributed by atoms with Gasteiger partial charge in [0.05, 0.1) is 0 Å². The maximum absolute atomic E-state index is 12.1. The number of piperidine rings is 1. The summed E-state index contributed by atoms with van der Waals surface area (Å²) in [6.07, 6.45) is 4.07. The van der Waals surface area contributed by atoms with Gasteiger partial charge in [-0.3, -0.25) is 4.79 Å². The number of carbonyl (C=O) groups is 1. The Morgan fingerprint density at radius 3 is 2.61 bits per heavy atom. The van der Waals surface area contributed by atoms with Crippen LogP contribution in [-0.2, 0) is 9.53 Å². The third-order valence-corrected chi connectivity index (χ3v) is 3.81. The minimum Gasteiger partial charge on any atom is -0.368 e. The largest absolute Gasteiger partial charge is 0.368 e. The lowest BCUT2D eigenvalue weighted by Gasteiger charge is -2.33. The molecule has 0 aliphatic carbocycles.